The van der Waals surface area contributed by atoms with Crippen molar-refractivity contribution in [3.05, 3.63) is 77.5 Å². The summed E-state index contributed by atoms with van der Waals surface area (Å²) in [5.74, 6) is -0.310. The lowest BCUT2D eigenvalue weighted by molar-refractivity contribution is -0.130. The number of aromatic nitrogens is 3. The minimum Gasteiger partial charge on any atom is -0.342 e. The van der Waals surface area contributed by atoms with E-state index in [-0.39, 0.29) is 18.1 Å². The molecule has 5 nitrogen and oxygen atoms in total. The Hall–Kier alpha value is -3.15. The van der Waals surface area contributed by atoms with Crippen molar-refractivity contribution in [2.75, 3.05) is 13.1 Å². The first-order valence-corrected chi connectivity index (χ1v) is 8.97. The van der Waals surface area contributed by atoms with Gasteiger partial charge in [0.15, 0.2) is 0 Å². The Kier molecular flexibility index (Phi) is 4.87. The van der Waals surface area contributed by atoms with Gasteiger partial charge in [-0.2, -0.15) is 10.2 Å². The highest BCUT2D eigenvalue weighted by Crippen LogP contribution is 2.21. The Labute approximate surface area is 156 Å². The van der Waals surface area contributed by atoms with Gasteiger partial charge in [-0.3, -0.25) is 9.78 Å². The Morgan fingerprint density at radius 2 is 1.96 bits per heavy atom. The van der Waals surface area contributed by atoms with Gasteiger partial charge in [0.25, 0.3) is 0 Å². The molecule has 0 unspecified atom stereocenters. The molecular weight excluding hydrogens is 343 g/mol. The maximum absolute atomic E-state index is 13.3. The maximum atomic E-state index is 13.3. The number of pyridine rings is 1. The molecule has 3 heterocycles. The molecule has 6 heteroatoms. The first kappa shape index (κ1) is 17.3. The van der Waals surface area contributed by atoms with Crippen molar-refractivity contribution in [3.63, 3.8) is 0 Å². The molecule has 1 aromatic carbocycles. The number of carbonyl (C=O) groups is 1. The van der Waals surface area contributed by atoms with Crippen LogP contribution < -0.4 is 0 Å². The SMILES string of the molecule is O=C(Cc1cccc(F)c1)N1CCc2cc(-c3cccnc3)nnc2CC1. The molecule has 0 atom stereocenters. The number of hydrogen-bond donors (Lipinski definition) is 0. The van der Waals surface area contributed by atoms with Crippen molar-refractivity contribution >= 4 is 5.91 Å². The third-order valence-corrected chi connectivity index (χ3v) is 4.78. The molecule has 1 amide bonds. The minimum absolute atomic E-state index is 0.00819. The van der Waals surface area contributed by atoms with E-state index in [1.165, 1.54) is 12.1 Å². The largest absolute Gasteiger partial charge is 0.342 e. The van der Waals surface area contributed by atoms with E-state index in [1.54, 1.807) is 24.5 Å². The van der Waals surface area contributed by atoms with Crippen LogP contribution >= 0.6 is 0 Å². The molecule has 0 aliphatic carbocycles. The highest BCUT2D eigenvalue weighted by atomic mass is 19.1. The average molecular weight is 362 g/mol. The summed E-state index contributed by atoms with van der Waals surface area (Å²) in [5.41, 5.74) is 4.46. The lowest BCUT2D eigenvalue weighted by Gasteiger charge is -2.20. The number of nitrogens with zero attached hydrogens (tertiary/aromatic N) is 4. The normalized spacial score (nSPS) is 13.7. The Morgan fingerprint density at radius 3 is 2.78 bits per heavy atom. The van der Waals surface area contributed by atoms with Crippen LogP contribution in [0.2, 0.25) is 0 Å². The molecule has 0 fully saturated rings. The number of rotatable bonds is 3. The van der Waals surface area contributed by atoms with Crippen molar-refractivity contribution in [1.82, 2.24) is 20.1 Å². The Balaban J connectivity index is 1.47. The van der Waals surface area contributed by atoms with Crippen molar-refractivity contribution in [3.8, 4) is 11.3 Å². The molecule has 1 aliphatic heterocycles. The van der Waals surface area contributed by atoms with Crippen molar-refractivity contribution in [1.29, 1.82) is 0 Å². The monoisotopic (exact) mass is 362 g/mol. The van der Waals surface area contributed by atoms with Gasteiger partial charge in [-0.15, -0.1) is 0 Å². The predicted molar refractivity (Wildman–Crippen MR) is 99.4 cm³/mol. The summed E-state index contributed by atoms with van der Waals surface area (Å²) in [6.45, 7) is 1.22. The first-order valence-electron chi connectivity index (χ1n) is 8.97. The van der Waals surface area contributed by atoms with Crippen LogP contribution in [0.3, 0.4) is 0 Å². The quantitative estimate of drug-likeness (QED) is 0.719. The number of benzene rings is 1. The molecule has 3 aromatic rings. The third kappa shape index (κ3) is 4.00. The summed E-state index contributed by atoms with van der Waals surface area (Å²) >= 11 is 0. The van der Waals surface area contributed by atoms with Gasteiger partial charge in [-0.25, -0.2) is 4.39 Å². The van der Waals surface area contributed by atoms with Crippen LogP contribution in [-0.4, -0.2) is 39.1 Å². The fraction of sp³-hybridized carbons (Fsp3) is 0.238. The lowest BCUT2D eigenvalue weighted by atomic mass is 10.1. The molecule has 27 heavy (non-hydrogen) atoms. The summed E-state index contributed by atoms with van der Waals surface area (Å²) in [5, 5.41) is 8.70. The molecule has 1 aliphatic rings. The van der Waals surface area contributed by atoms with Crippen LogP contribution in [-0.2, 0) is 24.1 Å². The van der Waals surface area contributed by atoms with Crippen LogP contribution in [0.5, 0.6) is 0 Å². The van der Waals surface area contributed by atoms with E-state index in [4.69, 9.17) is 0 Å². The third-order valence-electron chi connectivity index (χ3n) is 4.78. The molecule has 4 rings (SSSR count). The van der Waals surface area contributed by atoms with E-state index in [0.717, 1.165) is 28.9 Å². The van der Waals surface area contributed by atoms with E-state index < -0.39 is 0 Å². The van der Waals surface area contributed by atoms with Gasteiger partial charge in [0.2, 0.25) is 5.91 Å². The summed E-state index contributed by atoms with van der Waals surface area (Å²) in [7, 11) is 0. The maximum Gasteiger partial charge on any atom is 0.227 e. The summed E-state index contributed by atoms with van der Waals surface area (Å²) in [6, 6.07) is 12.1. The van der Waals surface area contributed by atoms with E-state index in [2.05, 4.69) is 15.2 Å². The molecule has 2 aromatic heterocycles. The number of fused-ring (bicyclic) bond motifs is 1. The molecule has 0 saturated carbocycles. The van der Waals surface area contributed by atoms with Crippen LogP contribution in [0.25, 0.3) is 11.3 Å². The molecule has 0 radical (unpaired) electrons. The van der Waals surface area contributed by atoms with Crippen LogP contribution in [0.1, 0.15) is 16.8 Å². The van der Waals surface area contributed by atoms with Crippen molar-refractivity contribution < 1.29 is 9.18 Å². The summed E-state index contributed by atoms with van der Waals surface area (Å²) in [4.78, 5) is 18.6. The van der Waals surface area contributed by atoms with E-state index >= 15 is 0 Å². The highest BCUT2D eigenvalue weighted by Gasteiger charge is 2.20. The second-order valence-electron chi connectivity index (χ2n) is 6.63. The van der Waals surface area contributed by atoms with Gasteiger partial charge in [-0.05, 0) is 47.9 Å². The fourth-order valence-corrected chi connectivity index (χ4v) is 3.33. The number of hydrogen-bond acceptors (Lipinski definition) is 4. The molecule has 0 bridgehead atoms. The molecule has 0 saturated heterocycles. The van der Waals surface area contributed by atoms with E-state index in [0.29, 0.717) is 25.1 Å². The molecule has 0 spiro atoms. The number of halogens is 1. The summed E-state index contributed by atoms with van der Waals surface area (Å²) in [6.07, 6.45) is 5.10. The zero-order valence-electron chi connectivity index (χ0n) is 14.8. The van der Waals surface area contributed by atoms with Crippen LogP contribution in [0, 0.1) is 5.82 Å². The second kappa shape index (κ2) is 7.61. The van der Waals surface area contributed by atoms with Gasteiger partial charge >= 0.3 is 0 Å². The molecule has 0 N–H and O–H groups in total. The number of carbonyl (C=O) groups excluding carboxylic acids is 1. The van der Waals surface area contributed by atoms with Gasteiger partial charge in [0.05, 0.1) is 17.8 Å². The Bertz CT molecular complexity index is 961. The van der Waals surface area contributed by atoms with E-state index in [9.17, 15) is 9.18 Å². The molecular formula is C21H19FN4O. The first-order chi connectivity index (χ1) is 13.2. The zero-order chi connectivity index (χ0) is 18.6. The standard InChI is InChI=1S/C21H19FN4O/c22-18-5-1-3-15(11-18)12-21(27)26-9-6-16-13-20(17-4-2-8-23-14-17)25-24-19(16)7-10-26/h1-5,8,11,13-14H,6-7,9-10,12H2. The zero-order valence-corrected chi connectivity index (χ0v) is 14.8. The minimum atomic E-state index is -0.318. The number of amides is 1. The highest BCUT2D eigenvalue weighted by molar-refractivity contribution is 5.79. The predicted octanol–water partition coefficient (Wildman–Crippen LogP) is 2.85. The fourth-order valence-electron chi connectivity index (χ4n) is 3.33. The van der Waals surface area contributed by atoms with Crippen LogP contribution in [0.15, 0.2) is 54.9 Å². The smallest absolute Gasteiger partial charge is 0.227 e. The summed E-state index contributed by atoms with van der Waals surface area (Å²) < 4.78 is 13.3. The van der Waals surface area contributed by atoms with Gasteiger partial charge in [0.1, 0.15) is 5.82 Å². The Morgan fingerprint density at radius 1 is 1.07 bits per heavy atom. The second-order valence-corrected chi connectivity index (χ2v) is 6.63. The van der Waals surface area contributed by atoms with Crippen molar-refractivity contribution in [2.45, 2.75) is 19.3 Å². The van der Waals surface area contributed by atoms with Crippen LogP contribution in [0.4, 0.5) is 4.39 Å². The van der Waals surface area contributed by atoms with E-state index in [1.807, 2.05) is 23.1 Å². The van der Waals surface area contributed by atoms with Crippen molar-refractivity contribution in [2.24, 2.45) is 0 Å². The topological polar surface area (TPSA) is 59.0 Å². The molecule has 136 valence electrons. The van der Waals surface area contributed by atoms with Gasteiger partial charge in [-0.1, -0.05) is 12.1 Å². The van der Waals surface area contributed by atoms with Gasteiger partial charge in [0, 0.05) is 37.5 Å². The van der Waals surface area contributed by atoms with Gasteiger partial charge < -0.3 is 4.90 Å². The lowest BCUT2D eigenvalue weighted by Crippen LogP contribution is -2.34. The average Bonchev–Trinajstić information content (AvgIpc) is 2.91.